The molecule has 1 aromatic carbocycles. The fraction of sp³-hybridized carbons (Fsp3) is 0.500. The number of nitrogens with zero attached hydrogens (tertiary/aromatic N) is 2. The smallest absolute Gasteiger partial charge is 0.263 e. The quantitative estimate of drug-likeness (QED) is 0.799. The molecule has 1 unspecified atom stereocenters. The fourth-order valence-electron chi connectivity index (χ4n) is 4.98. The number of amides is 2. The summed E-state index contributed by atoms with van der Waals surface area (Å²) in [5, 5.41) is 5.14. The molecule has 2 aliphatic heterocycles. The molecule has 3 heterocycles. The summed E-state index contributed by atoms with van der Waals surface area (Å²) in [4.78, 5) is 30.8. The average Bonchev–Trinajstić information content (AvgIpc) is 3.41. The van der Waals surface area contributed by atoms with Crippen molar-refractivity contribution in [3.8, 4) is 0 Å². The van der Waals surface area contributed by atoms with Gasteiger partial charge in [-0.3, -0.25) is 14.5 Å². The Morgan fingerprint density at radius 2 is 1.80 bits per heavy atom. The predicted octanol–water partition coefficient (Wildman–Crippen LogP) is 3.62. The van der Waals surface area contributed by atoms with Crippen molar-refractivity contribution in [3.05, 3.63) is 57.8 Å². The Kier molecular flexibility index (Phi) is 5.61. The van der Waals surface area contributed by atoms with Gasteiger partial charge in [0.05, 0.1) is 4.88 Å². The molecular formula is C24H29N3O2S. The largest absolute Gasteiger partial charge is 0.353 e. The Hall–Kier alpha value is -2.18. The van der Waals surface area contributed by atoms with E-state index in [2.05, 4.69) is 34.5 Å². The van der Waals surface area contributed by atoms with E-state index in [1.165, 1.54) is 22.5 Å². The third-order valence-electron chi connectivity index (χ3n) is 6.73. The Labute approximate surface area is 182 Å². The van der Waals surface area contributed by atoms with Crippen LogP contribution in [0, 0.1) is 0 Å². The maximum absolute atomic E-state index is 12.7. The molecule has 5 nitrogen and oxygen atoms in total. The van der Waals surface area contributed by atoms with Gasteiger partial charge in [0.1, 0.15) is 0 Å². The van der Waals surface area contributed by atoms with Crippen molar-refractivity contribution in [3.63, 3.8) is 0 Å². The van der Waals surface area contributed by atoms with Crippen LogP contribution in [0.1, 0.15) is 58.9 Å². The molecule has 1 N–H and O–H groups in total. The van der Waals surface area contributed by atoms with E-state index in [1.807, 2.05) is 22.4 Å². The highest BCUT2D eigenvalue weighted by atomic mass is 32.1. The molecule has 1 aliphatic carbocycles. The minimum Gasteiger partial charge on any atom is -0.353 e. The van der Waals surface area contributed by atoms with Crippen LogP contribution in [0.4, 0.5) is 0 Å². The number of carbonyl (C=O) groups is 2. The number of hydrogen-bond acceptors (Lipinski definition) is 4. The zero-order chi connectivity index (χ0) is 20.5. The van der Waals surface area contributed by atoms with Gasteiger partial charge in [0, 0.05) is 44.2 Å². The maximum atomic E-state index is 12.7. The van der Waals surface area contributed by atoms with Gasteiger partial charge in [-0.1, -0.05) is 30.3 Å². The summed E-state index contributed by atoms with van der Waals surface area (Å²) in [7, 11) is 0. The van der Waals surface area contributed by atoms with Crippen LogP contribution < -0.4 is 5.32 Å². The van der Waals surface area contributed by atoms with Crippen molar-refractivity contribution >= 4 is 23.2 Å². The number of carbonyl (C=O) groups excluding carboxylic acids is 2. The summed E-state index contributed by atoms with van der Waals surface area (Å²) in [5.41, 5.74) is 2.69. The van der Waals surface area contributed by atoms with E-state index in [0.29, 0.717) is 18.5 Å². The van der Waals surface area contributed by atoms with E-state index in [-0.39, 0.29) is 17.9 Å². The summed E-state index contributed by atoms with van der Waals surface area (Å²) in [6.07, 6.45) is 5.74. The number of nitrogens with one attached hydrogen (secondary N) is 1. The first-order valence-corrected chi connectivity index (χ1v) is 12.0. The molecule has 2 aromatic rings. The normalized spacial score (nSPS) is 22.5. The lowest BCUT2D eigenvalue weighted by Gasteiger charge is -2.45. The molecule has 2 fully saturated rings. The lowest BCUT2D eigenvalue weighted by Crippen LogP contribution is -2.50. The lowest BCUT2D eigenvalue weighted by molar-refractivity contribution is -0.123. The van der Waals surface area contributed by atoms with Crippen molar-refractivity contribution in [2.45, 2.75) is 56.7 Å². The highest BCUT2D eigenvalue weighted by Crippen LogP contribution is 2.36. The number of rotatable bonds is 5. The molecule has 3 aliphatic rings. The first-order valence-electron chi connectivity index (χ1n) is 11.1. The number of piperidine rings is 1. The molecule has 1 saturated heterocycles. The number of hydrogen-bond donors (Lipinski definition) is 1. The number of thiophene rings is 1. The Balaban J connectivity index is 1.28. The molecule has 5 rings (SSSR count). The van der Waals surface area contributed by atoms with Crippen LogP contribution in [-0.2, 0) is 11.2 Å². The van der Waals surface area contributed by atoms with E-state index in [0.717, 1.165) is 56.6 Å². The van der Waals surface area contributed by atoms with Crippen LogP contribution >= 0.6 is 11.3 Å². The van der Waals surface area contributed by atoms with E-state index < -0.39 is 0 Å². The van der Waals surface area contributed by atoms with Gasteiger partial charge in [0.25, 0.3) is 5.91 Å². The summed E-state index contributed by atoms with van der Waals surface area (Å²) >= 11 is 1.52. The predicted molar refractivity (Wildman–Crippen MR) is 119 cm³/mol. The molecule has 0 spiro atoms. The van der Waals surface area contributed by atoms with Gasteiger partial charge in [-0.05, 0) is 54.7 Å². The second-order valence-electron chi connectivity index (χ2n) is 8.75. The summed E-state index contributed by atoms with van der Waals surface area (Å²) in [5.74, 6) is 0.335. The van der Waals surface area contributed by atoms with Gasteiger partial charge in [0.15, 0.2) is 0 Å². The number of benzene rings is 1. The molecule has 158 valence electrons. The standard InChI is InChI=1S/C24H29N3O2S/c28-23(25-18-7-8-18)16-21-20-5-2-1-4-17(20)9-14-27(21)19-10-12-26(13-11-19)24(29)22-6-3-15-30-22/h1-6,15,18-19,21H,7-14,16H2,(H,25,28). The van der Waals surface area contributed by atoms with E-state index in [1.54, 1.807) is 0 Å². The van der Waals surface area contributed by atoms with Gasteiger partial charge in [-0.25, -0.2) is 0 Å². The van der Waals surface area contributed by atoms with Gasteiger partial charge in [-0.2, -0.15) is 0 Å². The lowest BCUT2D eigenvalue weighted by atomic mass is 9.87. The van der Waals surface area contributed by atoms with Gasteiger partial charge >= 0.3 is 0 Å². The molecule has 0 bridgehead atoms. The molecular weight excluding hydrogens is 394 g/mol. The zero-order valence-corrected chi connectivity index (χ0v) is 18.1. The first-order chi connectivity index (χ1) is 14.7. The van der Waals surface area contributed by atoms with Crippen molar-refractivity contribution in [2.75, 3.05) is 19.6 Å². The molecule has 30 heavy (non-hydrogen) atoms. The minimum absolute atomic E-state index is 0.137. The minimum atomic E-state index is 0.137. The van der Waals surface area contributed by atoms with Crippen molar-refractivity contribution < 1.29 is 9.59 Å². The molecule has 0 radical (unpaired) electrons. The number of likely N-dealkylation sites (tertiary alicyclic amines) is 1. The maximum Gasteiger partial charge on any atom is 0.263 e. The van der Waals surface area contributed by atoms with Crippen LogP contribution in [0.2, 0.25) is 0 Å². The molecule has 6 heteroatoms. The van der Waals surface area contributed by atoms with E-state index in [9.17, 15) is 9.59 Å². The highest BCUT2D eigenvalue weighted by Gasteiger charge is 2.36. The Bertz CT molecular complexity index is 901. The monoisotopic (exact) mass is 423 g/mol. The second kappa shape index (κ2) is 8.52. The van der Waals surface area contributed by atoms with Crippen LogP contribution in [0.15, 0.2) is 41.8 Å². The summed E-state index contributed by atoms with van der Waals surface area (Å²) < 4.78 is 0. The molecule has 2 amide bonds. The fourth-order valence-corrected chi connectivity index (χ4v) is 5.67. The van der Waals surface area contributed by atoms with Crippen molar-refractivity contribution in [2.24, 2.45) is 0 Å². The van der Waals surface area contributed by atoms with E-state index >= 15 is 0 Å². The van der Waals surface area contributed by atoms with Gasteiger partial charge in [-0.15, -0.1) is 11.3 Å². The van der Waals surface area contributed by atoms with Crippen LogP contribution in [-0.4, -0.2) is 53.3 Å². The highest BCUT2D eigenvalue weighted by molar-refractivity contribution is 7.12. The molecule has 1 saturated carbocycles. The van der Waals surface area contributed by atoms with Gasteiger partial charge < -0.3 is 10.2 Å². The van der Waals surface area contributed by atoms with Crippen molar-refractivity contribution in [1.29, 1.82) is 0 Å². The van der Waals surface area contributed by atoms with E-state index in [4.69, 9.17) is 0 Å². The average molecular weight is 424 g/mol. The third kappa shape index (κ3) is 4.16. The first kappa shape index (κ1) is 19.8. The van der Waals surface area contributed by atoms with Crippen LogP contribution in [0.3, 0.4) is 0 Å². The number of fused-ring (bicyclic) bond motifs is 1. The molecule has 1 aromatic heterocycles. The topological polar surface area (TPSA) is 52.7 Å². The zero-order valence-electron chi connectivity index (χ0n) is 17.3. The SMILES string of the molecule is O=C(CC1c2ccccc2CCN1C1CCN(C(=O)c2cccs2)CC1)NC1CC1. The Morgan fingerprint density at radius 3 is 2.53 bits per heavy atom. The van der Waals surface area contributed by atoms with Crippen LogP contribution in [0.25, 0.3) is 0 Å². The van der Waals surface area contributed by atoms with Crippen molar-refractivity contribution in [1.82, 2.24) is 15.1 Å². The second-order valence-corrected chi connectivity index (χ2v) is 9.70. The summed E-state index contributed by atoms with van der Waals surface area (Å²) in [6, 6.07) is 13.4. The summed E-state index contributed by atoms with van der Waals surface area (Å²) in [6.45, 7) is 2.57. The van der Waals surface area contributed by atoms with Gasteiger partial charge in [0.2, 0.25) is 5.91 Å². The third-order valence-corrected chi connectivity index (χ3v) is 7.59. The molecule has 1 atom stereocenters. The van der Waals surface area contributed by atoms with Crippen LogP contribution in [0.5, 0.6) is 0 Å². The Morgan fingerprint density at radius 1 is 1.00 bits per heavy atom.